The van der Waals surface area contributed by atoms with Crippen LogP contribution < -0.4 is 5.32 Å². The van der Waals surface area contributed by atoms with E-state index in [1.165, 1.54) is 11.3 Å². The SMILES string of the molecule is O=C(Cc1cccs1)Nc1nc(CC(=O)N(Cc2ccncc2)C2CC2)cs1. The minimum Gasteiger partial charge on any atom is -0.335 e. The van der Waals surface area contributed by atoms with Gasteiger partial charge in [-0.25, -0.2) is 4.98 Å². The molecule has 0 aromatic carbocycles. The van der Waals surface area contributed by atoms with Crippen molar-refractivity contribution in [3.63, 3.8) is 0 Å². The summed E-state index contributed by atoms with van der Waals surface area (Å²) in [5.41, 5.74) is 1.77. The number of anilines is 1. The van der Waals surface area contributed by atoms with Crippen LogP contribution in [-0.2, 0) is 29.0 Å². The molecular weight excluding hydrogens is 392 g/mol. The first-order valence-corrected chi connectivity index (χ1v) is 10.9. The van der Waals surface area contributed by atoms with E-state index in [1.807, 2.05) is 39.9 Å². The van der Waals surface area contributed by atoms with Crippen LogP contribution in [0.5, 0.6) is 0 Å². The van der Waals surface area contributed by atoms with Crippen molar-refractivity contribution in [1.29, 1.82) is 0 Å². The van der Waals surface area contributed by atoms with E-state index in [0.717, 1.165) is 23.3 Å². The summed E-state index contributed by atoms with van der Waals surface area (Å²) in [7, 11) is 0. The van der Waals surface area contributed by atoms with Gasteiger partial charge in [-0.05, 0) is 42.0 Å². The molecule has 144 valence electrons. The van der Waals surface area contributed by atoms with Gasteiger partial charge in [0.2, 0.25) is 11.8 Å². The summed E-state index contributed by atoms with van der Waals surface area (Å²) in [5, 5.41) is 7.15. The van der Waals surface area contributed by atoms with Crippen LogP contribution in [0.25, 0.3) is 0 Å². The quantitative estimate of drug-likeness (QED) is 0.614. The molecule has 0 unspecified atom stereocenters. The summed E-state index contributed by atoms with van der Waals surface area (Å²) in [6, 6.07) is 8.06. The van der Waals surface area contributed by atoms with Crippen LogP contribution in [0.15, 0.2) is 47.4 Å². The summed E-state index contributed by atoms with van der Waals surface area (Å²) in [6.45, 7) is 0.598. The first-order valence-electron chi connectivity index (χ1n) is 9.12. The lowest BCUT2D eigenvalue weighted by Crippen LogP contribution is -2.33. The molecule has 2 amide bonds. The Kier molecular flexibility index (Phi) is 5.78. The Morgan fingerprint density at radius 2 is 1.96 bits per heavy atom. The Morgan fingerprint density at radius 3 is 2.68 bits per heavy atom. The lowest BCUT2D eigenvalue weighted by atomic mass is 10.2. The standard InChI is InChI=1S/C20H20N4O2S2/c25-18(11-17-2-1-9-27-17)23-20-22-15(13-28-20)10-19(26)24(16-3-4-16)12-14-5-7-21-8-6-14/h1-2,5-9,13,16H,3-4,10-12H2,(H,22,23,25). The first kappa shape index (κ1) is 18.8. The van der Waals surface area contributed by atoms with Gasteiger partial charge in [0, 0.05) is 35.2 Å². The van der Waals surface area contributed by atoms with Gasteiger partial charge in [0.05, 0.1) is 18.5 Å². The van der Waals surface area contributed by atoms with Crippen molar-refractivity contribution in [3.05, 3.63) is 63.6 Å². The fraction of sp³-hybridized carbons (Fsp3) is 0.300. The van der Waals surface area contributed by atoms with E-state index >= 15 is 0 Å². The molecule has 3 heterocycles. The Balaban J connectivity index is 1.34. The lowest BCUT2D eigenvalue weighted by Gasteiger charge is -2.22. The predicted molar refractivity (Wildman–Crippen MR) is 110 cm³/mol. The molecule has 1 saturated carbocycles. The second-order valence-corrected chi connectivity index (χ2v) is 8.62. The Labute approximate surface area is 171 Å². The largest absolute Gasteiger partial charge is 0.335 e. The number of nitrogens with one attached hydrogen (secondary N) is 1. The third kappa shape index (κ3) is 5.02. The minimum atomic E-state index is -0.0908. The van der Waals surface area contributed by atoms with E-state index < -0.39 is 0 Å². The second-order valence-electron chi connectivity index (χ2n) is 6.73. The van der Waals surface area contributed by atoms with Crippen molar-refractivity contribution in [1.82, 2.24) is 14.9 Å². The Morgan fingerprint density at radius 1 is 1.14 bits per heavy atom. The van der Waals surface area contributed by atoms with Gasteiger partial charge in [0.15, 0.2) is 5.13 Å². The van der Waals surface area contributed by atoms with Crippen molar-refractivity contribution >= 4 is 39.6 Å². The molecule has 3 aromatic rings. The first-order chi connectivity index (χ1) is 13.7. The molecule has 0 aliphatic heterocycles. The van der Waals surface area contributed by atoms with E-state index in [1.54, 1.807) is 23.7 Å². The van der Waals surface area contributed by atoms with Gasteiger partial charge in [0.25, 0.3) is 0 Å². The average molecular weight is 413 g/mol. The number of nitrogens with zero attached hydrogens (tertiary/aromatic N) is 3. The van der Waals surface area contributed by atoms with Crippen LogP contribution in [-0.4, -0.2) is 32.7 Å². The zero-order valence-electron chi connectivity index (χ0n) is 15.2. The highest BCUT2D eigenvalue weighted by molar-refractivity contribution is 7.14. The maximum absolute atomic E-state index is 12.8. The molecule has 0 spiro atoms. The van der Waals surface area contributed by atoms with Crippen LogP contribution >= 0.6 is 22.7 Å². The maximum Gasteiger partial charge on any atom is 0.231 e. The van der Waals surface area contributed by atoms with Crippen LogP contribution in [0.2, 0.25) is 0 Å². The molecule has 8 heteroatoms. The van der Waals surface area contributed by atoms with E-state index in [0.29, 0.717) is 29.8 Å². The van der Waals surface area contributed by atoms with Crippen LogP contribution in [0.1, 0.15) is 29.0 Å². The van der Waals surface area contributed by atoms with Crippen molar-refractivity contribution in [2.45, 2.75) is 38.3 Å². The Hall–Kier alpha value is -2.58. The van der Waals surface area contributed by atoms with E-state index in [9.17, 15) is 9.59 Å². The topological polar surface area (TPSA) is 75.2 Å². The number of aromatic nitrogens is 2. The summed E-state index contributed by atoms with van der Waals surface area (Å²) in [6.07, 6.45) is 6.19. The zero-order valence-corrected chi connectivity index (χ0v) is 16.8. The third-order valence-electron chi connectivity index (χ3n) is 4.46. The van der Waals surface area contributed by atoms with Crippen molar-refractivity contribution in [2.24, 2.45) is 0 Å². The molecule has 1 aliphatic carbocycles. The van der Waals surface area contributed by atoms with Gasteiger partial charge in [-0.2, -0.15) is 0 Å². The van der Waals surface area contributed by atoms with Gasteiger partial charge in [-0.3, -0.25) is 14.6 Å². The number of rotatable bonds is 8. The number of thiazole rings is 1. The number of pyridine rings is 1. The zero-order chi connectivity index (χ0) is 19.3. The third-order valence-corrected chi connectivity index (χ3v) is 6.14. The molecule has 1 aliphatic rings. The summed E-state index contributed by atoms with van der Waals surface area (Å²) in [5.74, 6) is -0.0203. The number of hydrogen-bond acceptors (Lipinski definition) is 6. The smallest absolute Gasteiger partial charge is 0.231 e. The van der Waals surface area contributed by atoms with Crippen molar-refractivity contribution < 1.29 is 9.59 Å². The summed E-state index contributed by atoms with van der Waals surface area (Å²) < 4.78 is 0. The molecule has 6 nitrogen and oxygen atoms in total. The maximum atomic E-state index is 12.8. The molecule has 3 aromatic heterocycles. The highest BCUT2D eigenvalue weighted by atomic mass is 32.1. The normalized spacial score (nSPS) is 13.3. The van der Waals surface area contributed by atoms with Crippen LogP contribution in [0.4, 0.5) is 5.13 Å². The molecular formula is C20H20N4O2S2. The average Bonchev–Trinajstić information content (AvgIpc) is 3.23. The van der Waals surface area contributed by atoms with Crippen molar-refractivity contribution in [2.75, 3.05) is 5.32 Å². The second kappa shape index (κ2) is 8.62. The lowest BCUT2D eigenvalue weighted by molar-refractivity contribution is -0.131. The number of amides is 2. The summed E-state index contributed by atoms with van der Waals surface area (Å²) >= 11 is 2.91. The van der Waals surface area contributed by atoms with Crippen molar-refractivity contribution in [3.8, 4) is 0 Å². The van der Waals surface area contributed by atoms with Crippen LogP contribution in [0, 0.1) is 0 Å². The minimum absolute atomic E-state index is 0.0704. The fourth-order valence-corrected chi connectivity index (χ4v) is 4.36. The number of carbonyl (C=O) groups is 2. The van der Waals surface area contributed by atoms with E-state index in [-0.39, 0.29) is 18.2 Å². The highest BCUT2D eigenvalue weighted by Gasteiger charge is 2.32. The molecule has 0 bridgehead atoms. The van der Waals surface area contributed by atoms with E-state index in [4.69, 9.17) is 0 Å². The van der Waals surface area contributed by atoms with Gasteiger partial charge >= 0.3 is 0 Å². The van der Waals surface area contributed by atoms with Gasteiger partial charge in [-0.15, -0.1) is 22.7 Å². The summed E-state index contributed by atoms with van der Waals surface area (Å²) in [4.78, 5) is 36.3. The van der Waals surface area contributed by atoms with Gasteiger partial charge in [0.1, 0.15) is 0 Å². The molecule has 1 fully saturated rings. The molecule has 0 atom stereocenters. The van der Waals surface area contributed by atoms with E-state index in [2.05, 4.69) is 15.3 Å². The number of thiophene rings is 1. The van der Waals surface area contributed by atoms with Gasteiger partial charge < -0.3 is 10.2 Å². The number of hydrogen-bond donors (Lipinski definition) is 1. The molecule has 4 rings (SSSR count). The number of carbonyl (C=O) groups excluding carboxylic acids is 2. The molecule has 28 heavy (non-hydrogen) atoms. The van der Waals surface area contributed by atoms with Gasteiger partial charge in [-0.1, -0.05) is 6.07 Å². The molecule has 0 radical (unpaired) electrons. The predicted octanol–water partition coefficient (Wildman–Crippen LogP) is 3.51. The molecule has 0 saturated heterocycles. The monoisotopic (exact) mass is 412 g/mol. The highest BCUT2D eigenvalue weighted by Crippen LogP contribution is 2.29. The molecule has 1 N–H and O–H groups in total. The fourth-order valence-electron chi connectivity index (χ4n) is 2.93. The Bertz CT molecular complexity index is 936. The van der Waals surface area contributed by atoms with Crippen LogP contribution in [0.3, 0.4) is 0 Å².